The Balaban J connectivity index is 1.89. The van der Waals surface area contributed by atoms with Gasteiger partial charge in [0.2, 0.25) is 0 Å². The molecular weight excluding hydrogens is 295 g/mol. The molecule has 2 atom stereocenters. The Labute approximate surface area is 130 Å². The van der Waals surface area contributed by atoms with Crippen LogP contribution in [0.25, 0.3) is 0 Å². The van der Waals surface area contributed by atoms with Crippen LogP contribution in [0.5, 0.6) is 5.75 Å². The topological polar surface area (TPSA) is 18.5 Å². The molecule has 110 valence electrons. The number of hydrogen-bond acceptors (Lipinski definition) is 2. The van der Waals surface area contributed by atoms with E-state index < -0.39 is 0 Å². The summed E-state index contributed by atoms with van der Waals surface area (Å²) < 4.78 is 11.5. The largest absolute Gasteiger partial charge is 0.496 e. The van der Waals surface area contributed by atoms with Crippen LogP contribution in [0.4, 0.5) is 0 Å². The lowest BCUT2D eigenvalue weighted by Gasteiger charge is -2.33. The van der Waals surface area contributed by atoms with Crippen LogP contribution in [-0.4, -0.2) is 25.7 Å². The van der Waals surface area contributed by atoms with Crippen molar-refractivity contribution in [3.05, 3.63) is 28.8 Å². The Kier molecular flexibility index (Phi) is 4.16. The Bertz CT molecular complexity index is 487. The summed E-state index contributed by atoms with van der Waals surface area (Å²) >= 11 is 12.5. The Hall–Kier alpha value is -0.440. The van der Waals surface area contributed by atoms with Crippen LogP contribution in [-0.2, 0) is 11.2 Å². The summed E-state index contributed by atoms with van der Waals surface area (Å²) in [5.74, 6) is 2.21. The number of benzene rings is 1. The molecule has 2 aliphatic rings. The average Bonchev–Trinajstić information content (AvgIpc) is 3.21. The minimum Gasteiger partial charge on any atom is -0.496 e. The van der Waals surface area contributed by atoms with Crippen molar-refractivity contribution >= 4 is 23.2 Å². The highest BCUT2D eigenvalue weighted by atomic mass is 35.5. The molecule has 4 heteroatoms. The minimum absolute atomic E-state index is 0.0285. The van der Waals surface area contributed by atoms with Gasteiger partial charge in [0.15, 0.2) is 0 Å². The fraction of sp³-hybridized carbons (Fsp3) is 0.625. The van der Waals surface area contributed by atoms with E-state index in [1.165, 1.54) is 12.8 Å². The molecule has 1 heterocycles. The van der Waals surface area contributed by atoms with E-state index in [-0.39, 0.29) is 5.41 Å². The van der Waals surface area contributed by atoms with Gasteiger partial charge in [0.25, 0.3) is 0 Å². The first-order chi connectivity index (χ1) is 9.68. The van der Waals surface area contributed by atoms with E-state index in [4.69, 9.17) is 32.7 Å². The zero-order valence-corrected chi connectivity index (χ0v) is 13.2. The lowest BCUT2D eigenvalue weighted by Crippen LogP contribution is -2.36. The van der Waals surface area contributed by atoms with Gasteiger partial charge in [-0.15, -0.1) is 11.6 Å². The Morgan fingerprint density at radius 1 is 1.40 bits per heavy atom. The molecule has 0 spiro atoms. The third-order valence-corrected chi connectivity index (χ3v) is 5.37. The molecule has 1 saturated heterocycles. The van der Waals surface area contributed by atoms with Gasteiger partial charge in [0.05, 0.1) is 13.2 Å². The maximum absolute atomic E-state index is 6.36. The van der Waals surface area contributed by atoms with E-state index in [9.17, 15) is 0 Å². The smallest absolute Gasteiger partial charge is 0.122 e. The van der Waals surface area contributed by atoms with Gasteiger partial charge in [-0.3, -0.25) is 0 Å². The number of halogens is 2. The van der Waals surface area contributed by atoms with Crippen LogP contribution in [0, 0.1) is 11.3 Å². The number of hydrogen-bond donors (Lipinski definition) is 0. The third kappa shape index (κ3) is 2.66. The zero-order chi connectivity index (χ0) is 14.2. The van der Waals surface area contributed by atoms with Crippen molar-refractivity contribution in [3.63, 3.8) is 0 Å². The second kappa shape index (κ2) is 5.75. The molecule has 2 nitrogen and oxygen atoms in total. The molecule has 1 aliphatic carbocycles. The third-order valence-electron chi connectivity index (χ3n) is 4.60. The second-order valence-corrected chi connectivity index (χ2v) is 6.71. The van der Waals surface area contributed by atoms with Crippen LogP contribution in [0.1, 0.15) is 24.8 Å². The second-order valence-electron chi connectivity index (χ2n) is 6.01. The maximum atomic E-state index is 6.36. The van der Waals surface area contributed by atoms with Crippen molar-refractivity contribution < 1.29 is 9.47 Å². The van der Waals surface area contributed by atoms with Gasteiger partial charge in [-0.1, -0.05) is 11.6 Å². The van der Waals surface area contributed by atoms with Gasteiger partial charge in [-0.05, 0) is 55.4 Å². The first-order valence-electron chi connectivity index (χ1n) is 7.18. The van der Waals surface area contributed by atoms with Gasteiger partial charge in [-0.25, -0.2) is 0 Å². The zero-order valence-electron chi connectivity index (χ0n) is 11.7. The minimum atomic E-state index is 0.0285. The van der Waals surface area contributed by atoms with Crippen LogP contribution in [0.2, 0.25) is 5.02 Å². The summed E-state index contributed by atoms with van der Waals surface area (Å²) in [6.07, 6.45) is 4.74. The van der Waals surface area contributed by atoms with Gasteiger partial charge in [-0.2, -0.15) is 0 Å². The molecule has 20 heavy (non-hydrogen) atoms. The summed E-state index contributed by atoms with van der Waals surface area (Å²) in [5.41, 5.74) is 1.16. The normalized spacial score (nSPS) is 29.6. The fourth-order valence-corrected chi connectivity index (χ4v) is 3.96. The van der Waals surface area contributed by atoms with Crippen molar-refractivity contribution in [2.24, 2.45) is 11.3 Å². The highest BCUT2D eigenvalue weighted by molar-refractivity contribution is 6.30. The molecule has 1 saturated carbocycles. The molecule has 1 aliphatic heterocycles. The van der Waals surface area contributed by atoms with E-state index in [0.29, 0.717) is 17.9 Å². The van der Waals surface area contributed by atoms with Gasteiger partial charge in [0, 0.05) is 22.9 Å². The lowest BCUT2D eigenvalue weighted by atomic mass is 9.75. The van der Waals surface area contributed by atoms with Crippen molar-refractivity contribution in [3.8, 4) is 5.75 Å². The number of rotatable bonds is 5. The number of alkyl halides is 1. The average molecular weight is 315 g/mol. The van der Waals surface area contributed by atoms with Crippen molar-refractivity contribution in [2.45, 2.75) is 31.8 Å². The SMILES string of the molecule is COc1ccc(Cl)cc1CC1(CCl)CCOC1C1CC1. The molecule has 0 aromatic heterocycles. The van der Waals surface area contributed by atoms with Crippen LogP contribution in [0.3, 0.4) is 0 Å². The predicted octanol–water partition coefficient (Wildman–Crippen LogP) is 4.32. The van der Waals surface area contributed by atoms with E-state index in [1.54, 1.807) is 7.11 Å². The first kappa shape index (κ1) is 14.5. The van der Waals surface area contributed by atoms with Gasteiger partial charge >= 0.3 is 0 Å². The quantitative estimate of drug-likeness (QED) is 0.754. The van der Waals surface area contributed by atoms with Gasteiger partial charge in [0.1, 0.15) is 5.75 Å². The van der Waals surface area contributed by atoms with Crippen molar-refractivity contribution in [1.29, 1.82) is 0 Å². The van der Waals surface area contributed by atoms with E-state index in [1.807, 2.05) is 18.2 Å². The summed E-state index contributed by atoms with van der Waals surface area (Å²) in [6, 6.07) is 5.79. The van der Waals surface area contributed by atoms with E-state index >= 15 is 0 Å². The summed E-state index contributed by atoms with van der Waals surface area (Å²) in [7, 11) is 1.70. The van der Waals surface area contributed by atoms with Crippen molar-refractivity contribution in [2.75, 3.05) is 19.6 Å². The molecule has 3 rings (SSSR count). The highest BCUT2D eigenvalue weighted by Gasteiger charge is 2.50. The van der Waals surface area contributed by atoms with Crippen molar-refractivity contribution in [1.82, 2.24) is 0 Å². The standard InChI is InChI=1S/C16H20Cl2O2/c1-19-14-5-4-13(18)8-12(14)9-16(10-17)6-7-20-15(16)11-2-3-11/h4-5,8,11,15H,2-3,6-7,9-10H2,1H3. The highest BCUT2D eigenvalue weighted by Crippen LogP contribution is 2.50. The van der Waals surface area contributed by atoms with Crippen LogP contribution in [0.15, 0.2) is 18.2 Å². The monoisotopic (exact) mass is 314 g/mol. The lowest BCUT2D eigenvalue weighted by molar-refractivity contribution is 0.0401. The van der Waals surface area contributed by atoms with Crippen LogP contribution >= 0.6 is 23.2 Å². The van der Waals surface area contributed by atoms with Crippen LogP contribution < -0.4 is 4.74 Å². The van der Waals surface area contributed by atoms with Gasteiger partial charge < -0.3 is 9.47 Å². The molecule has 2 fully saturated rings. The molecule has 2 unspecified atom stereocenters. The maximum Gasteiger partial charge on any atom is 0.122 e. The summed E-state index contributed by atoms with van der Waals surface area (Å²) in [4.78, 5) is 0. The molecule has 1 aromatic carbocycles. The summed E-state index contributed by atoms with van der Waals surface area (Å²) in [5, 5.41) is 0.743. The fourth-order valence-electron chi connectivity index (χ4n) is 3.39. The molecule has 0 amide bonds. The molecular formula is C16H20Cl2O2. The molecule has 0 radical (unpaired) electrons. The predicted molar refractivity (Wildman–Crippen MR) is 81.9 cm³/mol. The molecule has 0 bridgehead atoms. The number of ether oxygens (including phenoxy) is 2. The Morgan fingerprint density at radius 2 is 2.20 bits per heavy atom. The molecule has 0 N–H and O–H groups in total. The van der Waals surface area contributed by atoms with E-state index in [2.05, 4.69) is 0 Å². The first-order valence-corrected chi connectivity index (χ1v) is 8.10. The number of methoxy groups -OCH3 is 1. The molecule has 1 aromatic rings. The van der Waals surface area contributed by atoms with E-state index in [0.717, 1.165) is 35.8 Å². The Morgan fingerprint density at radius 3 is 2.85 bits per heavy atom. The summed E-state index contributed by atoms with van der Waals surface area (Å²) in [6.45, 7) is 0.816.